The van der Waals surface area contributed by atoms with Crippen molar-refractivity contribution in [2.75, 3.05) is 10.7 Å². The lowest BCUT2D eigenvalue weighted by Gasteiger charge is -2.12. The Morgan fingerprint density at radius 2 is 2.15 bits per heavy atom. The number of carbonyl (C=O) groups is 1. The molecule has 134 valence electrons. The van der Waals surface area contributed by atoms with E-state index in [2.05, 4.69) is 32.7 Å². The van der Waals surface area contributed by atoms with Gasteiger partial charge in [0.25, 0.3) is 5.91 Å². The standard InChI is InChI=1S/C19H21N5OS/c1-5-12(3)23-24-19-21-15-9-11(2)16(13(4)17(15)26-19)22-18(25)14-7-6-8-20-10-14/h6-10H,5H2,1-4H3,(H,21,24)(H,22,25)/b23-12-. The van der Waals surface area contributed by atoms with Crippen molar-refractivity contribution in [3.63, 3.8) is 0 Å². The molecule has 0 saturated heterocycles. The van der Waals surface area contributed by atoms with E-state index < -0.39 is 0 Å². The molecule has 2 heterocycles. The molecule has 7 heteroatoms. The number of thiazole rings is 1. The molecule has 0 aliphatic rings. The summed E-state index contributed by atoms with van der Waals surface area (Å²) in [5.41, 5.74) is 8.25. The number of carbonyl (C=O) groups excluding carboxylic acids is 1. The Balaban J connectivity index is 1.93. The van der Waals surface area contributed by atoms with Crippen LogP contribution in [0.3, 0.4) is 0 Å². The van der Waals surface area contributed by atoms with Crippen LogP contribution in [0.5, 0.6) is 0 Å². The van der Waals surface area contributed by atoms with E-state index in [1.165, 1.54) is 11.3 Å². The van der Waals surface area contributed by atoms with Gasteiger partial charge in [0.1, 0.15) is 0 Å². The average Bonchev–Trinajstić information content (AvgIpc) is 3.06. The summed E-state index contributed by atoms with van der Waals surface area (Å²) in [4.78, 5) is 21.1. The van der Waals surface area contributed by atoms with Crippen molar-refractivity contribution >= 4 is 44.0 Å². The molecule has 0 unspecified atom stereocenters. The van der Waals surface area contributed by atoms with E-state index in [0.29, 0.717) is 5.56 Å². The van der Waals surface area contributed by atoms with Gasteiger partial charge in [-0.1, -0.05) is 18.3 Å². The van der Waals surface area contributed by atoms with Crippen LogP contribution in [0, 0.1) is 13.8 Å². The van der Waals surface area contributed by atoms with Gasteiger partial charge < -0.3 is 5.32 Å². The molecule has 0 aliphatic heterocycles. The summed E-state index contributed by atoms with van der Waals surface area (Å²) in [6.45, 7) is 8.00. The van der Waals surface area contributed by atoms with E-state index in [0.717, 1.165) is 44.3 Å². The summed E-state index contributed by atoms with van der Waals surface area (Å²) in [6, 6.07) is 5.48. The van der Waals surface area contributed by atoms with Crippen molar-refractivity contribution in [2.45, 2.75) is 34.1 Å². The highest BCUT2D eigenvalue weighted by Crippen LogP contribution is 2.35. The maximum atomic E-state index is 12.5. The van der Waals surface area contributed by atoms with E-state index in [4.69, 9.17) is 0 Å². The predicted molar refractivity (Wildman–Crippen MR) is 108 cm³/mol. The molecule has 2 N–H and O–H groups in total. The quantitative estimate of drug-likeness (QED) is 0.503. The molecule has 0 atom stereocenters. The third-order valence-electron chi connectivity index (χ3n) is 4.13. The van der Waals surface area contributed by atoms with E-state index in [9.17, 15) is 4.79 Å². The normalized spacial score (nSPS) is 11.6. The van der Waals surface area contributed by atoms with Gasteiger partial charge in [0.15, 0.2) is 0 Å². The molecule has 1 amide bonds. The van der Waals surface area contributed by atoms with Crippen LogP contribution in [-0.2, 0) is 0 Å². The molecule has 0 radical (unpaired) electrons. The van der Waals surface area contributed by atoms with Crippen molar-refractivity contribution < 1.29 is 4.79 Å². The number of hydrogen-bond acceptors (Lipinski definition) is 6. The second-order valence-electron chi connectivity index (χ2n) is 6.07. The zero-order valence-corrected chi connectivity index (χ0v) is 16.1. The van der Waals surface area contributed by atoms with E-state index in [1.807, 2.05) is 26.8 Å². The largest absolute Gasteiger partial charge is 0.321 e. The molecular formula is C19H21N5OS. The van der Waals surface area contributed by atoms with Gasteiger partial charge in [-0.3, -0.25) is 15.2 Å². The zero-order chi connectivity index (χ0) is 18.7. The van der Waals surface area contributed by atoms with Gasteiger partial charge in [0, 0.05) is 23.8 Å². The minimum absolute atomic E-state index is 0.172. The van der Waals surface area contributed by atoms with Crippen LogP contribution in [-0.4, -0.2) is 21.6 Å². The number of hydrogen-bond donors (Lipinski definition) is 2. The molecule has 3 aromatic rings. The number of fused-ring (bicyclic) bond motifs is 1. The number of nitrogens with zero attached hydrogens (tertiary/aromatic N) is 3. The second-order valence-corrected chi connectivity index (χ2v) is 7.07. The highest BCUT2D eigenvalue weighted by molar-refractivity contribution is 7.22. The number of aromatic nitrogens is 2. The number of rotatable bonds is 5. The van der Waals surface area contributed by atoms with Crippen LogP contribution in [0.2, 0.25) is 0 Å². The Bertz CT molecular complexity index is 979. The van der Waals surface area contributed by atoms with Gasteiger partial charge in [-0.2, -0.15) is 5.10 Å². The van der Waals surface area contributed by atoms with Crippen LogP contribution in [0.1, 0.15) is 41.8 Å². The molecule has 1 aromatic carbocycles. The summed E-state index contributed by atoms with van der Waals surface area (Å²) >= 11 is 1.53. The van der Waals surface area contributed by atoms with Crippen molar-refractivity contribution in [1.82, 2.24) is 9.97 Å². The third kappa shape index (κ3) is 3.72. The van der Waals surface area contributed by atoms with Crippen molar-refractivity contribution in [1.29, 1.82) is 0 Å². The Morgan fingerprint density at radius 1 is 1.35 bits per heavy atom. The number of benzene rings is 1. The number of amides is 1. The first-order chi connectivity index (χ1) is 12.5. The highest BCUT2D eigenvalue weighted by Gasteiger charge is 2.15. The molecule has 0 fully saturated rings. The van der Waals surface area contributed by atoms with Gasteiger partial charge in [0.2, 0.25) is 5.13 Å². The van der Waals surface area contributed by atoms with Gasteiger partial charge >= 0.3 is 0 Å². The molecular weight excluding hydrogens is 346 g/mol. The van der Waals surface area contributed by atoms with Crippen LogP contribution < -0.4 is 10.7 Å². The average molecular weight is 367 g/mol. The fourth-order valence-corrected chi connectivity index (χ4v) is 3.42. The highest BCUT2D eigenvalue weighted by atomic mass is 32.1. The molecule has 2 aromatic heterocycles. The predicted octanol–water partition coefficient (Wildman–Crippen LogP) is 4.76. The van der Waals surface area contributed by atoms with Gasteiger partial charge in [-0.15, -0.1) is 0 Å². The number of hydrazone groups is 1. The third-order valence-corrected chi connectivity index (χ3v) is 5.23. The van der Waals surface area contributed by atoms with Gasteiger partial charge in [-0.05, 0) is 56.5 Å². The minimum atomic E-state index is -0.172. The molecule has 0 bridgehead atoms. The summed E-state index contributed by atoms with van der Waals surface area (Å²) < 4.78 is 1.03. The topological polar surface area (TPSA) is 79.3 Å². The lowest BCUT2D eigenvalue weighted by Crippen LogP contribution is -2.14. The lowest BCUT2D eigenvalue weighted by molar-refractivity contribution is 0.102. The minimum Gasteiger partial charge on any atom is -0.321 e. The summed E-state index contributed by atoms with van der Waals surface area (Å²) in [6.07, 6.45) is 4.09. The number of nitrogens with one attached hydrogen (secondary N) is 2. The van der Waals surface area contributed by atoms with Gasteiger partial charge in [0.05, 0.1) is 15.8 Å². The molecule has 0 spiro atoms. The first-order valence-corrected chi connectivity index (χ1v) is 9.22. The molecule has 6 nitrogen and oxygen atoms in total. The lowest BCUT2D eigenvalue weighted by atomic mass is 10.1. The number of aryl methyl sites for hydroxylation is 2. The Hall–Kier alpha value is -2.80. The summed E-state index contributed by atoms with van der Waals surface area (Å²) in [7, 11) is 0. The van der Waals surface area contributed by atoms with Gasteiger partial charge in [-0.25, -0.2) is 4.98 Å². The SMILES string of the molecule is CC/C(C)=N\Nc1nc2cc(C)c(NC(=O)c3cccnc3)c(C)c2s1. The molecule has 0 aliphatic carbocycles. The van der Waals surface area contributed by atoms with E-state index >= 15 is 0 Å². The zero-order valence-electron chi connectivity index (χ0n) is 15.3. The van der Waals surface area contributed by atoms with E-state index in [1.54, 1.807) is 24.5 Å². The molecule has 3 rings (SSSR count). The number of anilines is 2. The van der Waals surface area contributed by atoms with Crippen LogP contribution in [0.4, 0.5) is 10.8 Å². The van der Waals surface area contributed by atoms with Crippen molar-refractivity contribution in [3.05, 3.63) is 47.3 Å². The fourth-order valence-electron chi connectivity index (χ4n) is 2.53. The first-order valence-electron chi connectivity index (χ1n) is 8.41. The summed E-state index contributed by atoms with van der Waals surface area (Å²) in [5, 5.41) is 8.06. The Morgan fingerprint density at radius 3 is 2.85 bits per heavy atom. The van der Waals surface area contributed by atoms with Crippen LogP contribution >= 0.6 is 11.3 Å². The number of pyridine rings is 1. The molecule has 0 saturated carbocycles. The monoisotopic (exact) mass is 367 g/mol. The van der Waals surface area contributed by atoms with E-state index in [-0.39, 0.29) is 5.91 Å². The fraction of sp³-hybridized carbons (Fsp3) is 0.263. The Labute approximate surface area is 156 Å². The van der Waals surface area contributed by atoms with Crippen molar-refractivity contribution in [2.24, 2.45) is 5.10 Å². The van der Waals surface area contributed by atoms with Crippen molar-refractivity contribution in [3.8, 4) is 0 Å². The summed E-state index contributed by atoms with van der Waals surface area (Å²) in [5.74, 6) is -0.172. The first kappa shape index (κ1) is 18.0. The van der Waals surface area contributed by atoms with Crippen LogP contribution in [0.15, 0.2) is 35.7 Å². The maximum absolute atomic E-state index is 12.5. The smallest absolute Gasteiger partial charge is 0.257 e. The molecule has 26 heavy (non-hydrogen) atoms. The Kier molecular flexibility index (Phi) is 5.27. The second kappa shape index (κ2) is 7.61. The maximum Gasteiger partial charge on any atom is 0.257 e. The van der Waals surface area contributed by atoms with Crippen LogP contribution in [0.25, 0.3) is 10.2 Å².